The molecule has 1 N–H and O–H groups in total. The van der Waals surface area contributed by atoms with Crippen LogP contribution in [0.2, 0.25) is 0 Å². The molecular weight excluding hydrogens is 457 g/mol. The standard InChI is InChI=1S/C28H30FN5O2/c1-5-19-14-16-20(17-15-19)34(25(35)18-33-24-13-9-8-12-23(24)31-32-33)26(27(36)30-28(2,3)4)21-10-6-7-11-22(21)29/h6-17,26H,5,18H2,1-4H3,(H,30,36). The molecule has 0 radical (unpaired) electrons. The van der Waals surface area contributed by atoms with E-state index in [1.807, 2.05) is 64.1 Å². The second kappa shape index (κ2) is 10.3. The fraction of sp³-hybridized carbons (Fsp3) is 0.286. The van der Waals surface area contributed by atoms with Crippen LogP contribution in [0, 0.1) is 5.82 Å². The van der Waals surface area contributed by atoms with Crippen molar-refractivity contribution in [3.63, 3.8) is 0 Å². The van der Waals surface area contributed by atoms with E-state index in [1.165, 1.54) is 21.7 Å². The third kappa shape index (κ3) is 5.43. The highest BCUT2D eigenvalue weighted by atomic mass is 19.1. The normalized spacial score (nSPS) is 12.4. The summed E-state index contributed by atoms with van der Waals surface area (Å²) in [4.78, 5) is 29.0. The van der Waals surface area contributed by atoms with Crippen molar-refractivity contribution in [3.05, 3.63) is 89.7 Å². The van der Waals surface area contributed by atoms with Crippen LogP contribution in [0.15, 0.2) is 72.8 Å². The number of amides is 2. The Balaban J connectivity index is 1.83. The number of hydrogen-bond acceptors (Lipinski definition) is 4. The summed E-state index contributed by atoms with van der Waals surface area (Å²) in [7, 11) is 0. The summed E-state index contributed by atoms with van der Waals surface area (Å²) in [5, 5.41) is 11.2. The molecule has 8 heteroatoms. The summed E-state index contributed by atoms with van der Waals surface area (Å²) >= 11 is 0. The van der Waals surface area contributed by atoms with Gasteiger partial charge >= 0.3 is 0 Å². The van der Waals surface area contributed by atoms with Gasteiger partial charge in [-0.2, -0.15) is 0 Å². The number of nitrogens with zero attached hydrogens (tertiary/aromatic N) is 4. The lowest BCUT2D eigenvalue weighted by atomic mass is 10.00. The first-order valence-electron chi connectivity index (χ1n) is 11.9. The molecule has 0 spiro atoms. The number of hydrogen-bond donors (Lipinski definition) is 1. The van der Waals surface area contributed by atoms with Crippen molar-refractivity contribution in [2.45, 2.75) is 52.2 Å². The first kappa shape index (κ1) is 25.0. The summed E-state index contributed by atoms with van der Waals surface area (Å²) in [5.41, 5.74) is 2.42. The average Bonchev–Trinajstić information content (AvgIpc) is 3.25. The highest BCUT2D eigenvalue weighted by Gasteiger charge is 2.36. The number of carbonyl (C=O) groups excluding carboxylic acids is 2. The van der Waals surface area contributed by atoms with Crippen molar-refractivity contribution in [1.82, 2.24) is 20.3 Å². The van der Waals surface area contributed by atoms with E-state index in [0.717, 1.165) is 12.0 Å². The van der Waals surface area contributed by atoms with Crippen LogP contribution in [0.5, 0.6) is 0 Å². The zero-order valence-electron chi connectivity index (χ0n) is 20.9. The number of fused-ring (bicyclic) bond motifs is 1. The fourth-order valence-electron chi connectivity index (χ4n) is 4.10. The van der Waals surface area contributed by atoms with Gasteiger partial charge in [-0.1, -0.05) is 54.6 Å². The summed E-state index contributed by atoms with van der Waals surface area (Å²) in [6.07, 6.45) is 0.820. The number of nitrogens with one attached hydrogen (secondary N) is 1. The monoisotopic (exact) mass is 487 g/mol. The van der Waals surface area contributed by atoms with Gasteiger partial charge in [-0.25, -0.2) is 9.07 Å². The van der Waals surface area contributed by atoms with E-state index in [-0.39, 0.29) is 12.1 Å². The van der Waals surface area contributed by atoms with Crippen LogP contribution in [-0.4, -0.2) is 32.3 Å². The summed E-state index contributed by atoms with van der Waals surface area (Å²) in [6.45, 7) is 7.38. The van der Waals surface area contributed by atoms with E-state index < -0.39 is 29.2 Å². The molecule has 2 amide bonds. The lowest BCUT2D eigenvalue weighted by Crippen LogP contribution is -2.50. The predicted octanol–water partition coefficient (Wildman–Crippen LogP) is 4.82. The van der Waals surface area contributed by atoms with E-state index in [4.69, 9.17) is 0 Å². The molecule has 186 valence electrons. The first-order valence-corrected chi connectivity index (χ1v) is 11.9. The maximum Gasteiger partial charge on any atom is 0.249 e. The number of aromatic nitrogens is 3. The molecule has 4 aromatic rings. The van der Waals surface area contributed by atoms with Gasteiger partial charge in [0.25, 0.3) is 0 Å². The lowest BCUT2D eigenvalue weighted by Gasteiger charge is -2.34. The van der Waals surface area contributed by atoms with Crippen LogP contribution in [0.4, 0.5) is 10.1 Å². The van der Waals surface area contributed by atoms with Crippen LogP contribution < -0.4 is 10.2 Å². The number of aryl methyl sites for hydroxylation is 1. The van der Waals surface area contributed by atoms with Crippen molar-refractivity contribution in [2.24, 2.45) is 0 Å². The number of benzene rings is 3. The molecule has 3 aromatic carbocycles. The Kier molecular flexibility index (Phi) is 7.15. The molecule has 0 saturated heterocycles. The van der Waals surface area contributed by atoms with Crippen LogP contribution in [-0.2, 0) is 22.6 Å². The topological polar surface area (TPSA) is 80.1 Å². The highest BCUT2D eigenvalue weighted by Crippen LogP contribution is 2.31. The molecule has 7 nitrogen and oxygen atoms in total. The highest BCUT2D eigenvalue weighted by molar-refractivity contribution is 6.01. The number of rotatable bonds is 7. The molecule has 0 saturated carbocycles. The molecule has 0 fully saturated rings. The Labute approximate surface area is 209 Å². The van der Waals surface area contributed by atoms with E-state index in [1.54, 1.807) is 24.3 Å². The zero-order valence-corrected chi connectivity index (χ0v) is 20.9. The third-order valence-corrected chi connectivity index (χ3v) is 5.80. The fourth-order valence-corrected chi connectivity index (χ4v) is 4.10. The molecule has 0 aliphatic rings. The van der Waals surface area contributed by atoms with E-state index in [2.05, 4.69) is 15.6 Å². The molecule has 1 aromatic heterocycles. The SMILES string of the molecule is CCc1ccc(N(C(=O)Cn2nnc3ccccc32)C(C(=O)NC(C)(C)C)c2ccccc2F)cc1. The maximum absolute atomic E-state index is 15.1. The van der Waals surface area contributed by atoms with Gasteiger partial charge < -0.3 is 5.32 Å². The molecule has 1 atom stereocenters. The molecule has 0 aliphatic heterocycles. The number of carbonyl (C=O) groups is 2. The van der Waals surface area contributed by atoms with Crippen molar-refractivity contribution in [3.8, 4) is 0 Å². The minimum atomic E-state index is -1.24. The molecular formula is C28H30FN5O2. The largest absolute Gasteiger partial charge is 0.349 e. The second-order valence-electron chi connectivity index (χ2n) is 9.68. The van der Waals surface area contributed by atoms with E-state index in [9.17, 15) is 9.59 Å². The zero-order chi connectivity index (χ0) is 25.9. The van der Waals surface area contributed by atoms with Crippen molar-refractivity contribution in [2.75, 3.05) is 4.90 Å². The summed E-state index contributed by atoms with van der Waals surface area (Å²) < 4.78 is 16.6. The van der Waals surface area contributed by atoms with Gasteiger partial charge in [-0.3, -0.25) is 14.5 Å². The smallest absolute Gasteiger partial charge is 0.249 e. The molecule has 0 bridgehead atoms. The predicted molar refractivity (Wildman–Crippen MR) is 138 cm³/mol. The molecule has 36 heavy (non-hydrogen) atoms. The minimum absolute atomic E-state index is 0.107. The van der Waals surface area contributed by atoms with Gasteiger partial charge in [-0.05, 0) is 63.1 Å². The number of para-hydroxylation sites is 1. The lowest BCUT2D eigenvalue weighted by molar-refractivity contribution is -0.128. The van der Waals surface area contributed by atoms with Gasteiger partial charge in [0.2, 0.25) is 11.8 Å². The molecule has 4 rings (SSSR count). The third-order valence-electron chi connectivity index (χ3n) is 5.80. The van der Waals surface area contributed by atoms with Gasteiger partial charge in [0, 0.05) is 16.8 Å². The van der Waals surface area contributed by atoms with Crippen LogP contribution in [0.25, 0.3) is 11.0 Å². The quantitative estimate of drug-likeness (QED) is 0.405. The first-order chi connectivity index (χ1) is 17.2. The maximum atomic E-state index is 15.1. The Morgan fingerprint density at radius 3 is 2.33 bits per heavy atom. The van der Waals surface area contributed by atoms with Gasteiger partial charge in [0.1, 0.15) is 23.9 Å². The Morgan fingerprint density at radius 1 is 1.00 bits per heavy atom. The molecule has 1 unspecified atom stereocenters. The Bertz CT molecular complexity index is 1370. The molecule has 0 aliphatic carbocycles. The number of halogens is 1. The van der Waals surface area contributed by atoms with Crippen LogP contribution in [0.3, 0.4) is 0 Å². The van der Waals surface area contributed by atoms with E-state index >= 15 is 4.39 Å². The van der Waals surface area contributed by atoms with Crippen molar-refractivity contribution < 1.29 is 14.0 Å². The Hall–Kier alpha value is -4.07. The summed E-state index contributed by atoms with van der Waals surface area (Å²) in [5.74, 6) is -1.48. The van der Waals surface area contributed by atoms with E-state index in [0.29, 0.717) is 16.7 Å². The molecule has 1 heterocycles. The summed E-state index contributed by atoms with van der Waals surface area (Å²) in [6, 6.07) is 19.5. The average molecular weight is 488 g/mol. The second-order valence-corrected chi connectivity index (χ2v) is 9.68. The minimum Gasteiger partial charge on any atom is -0.349 e. The van der Waals surface area contributed by atoms with Gasteiger partial charge in [0.05, 0.1) is 5.52 Å². The van der Waals surface area contributed by atoms with Crippen molar-refractivity contribution in [1.29, 1.82) is 0 Å². The van der Waals surface area contributed by atoms with Crippen molar-refractivity contribution >= 4 is 28.5 Å². The van der Waals surface area contributed by atoms with Crippen LogP contribution >= 0.6 is 0 Å². The van der Waals surface area contributed by atoms with Crippen LogP contribution in [0.1, 0.15) is 44.9 Å². The number of anilines is 1. The van der Waals surface area contributed by atoms with Gasteiger partial charge in [0.15, 0.2) is 0 Å². The van der Waals surface area contributed by atoms with Gasteiger partial charge in [-0.15, -0.1) is 5.10 Å². The Morgan fingerprint density at radius 2 is 1.67 bits per heavy atom.